The van der Waals surface area contributed by atoms with Gasteiger partial charge in [0.2, 0.25) is 17.8 Å². The fourth-order valence-corrected chi connectivity index (χ4v) is 3.16. The van der Waals surface area contributed by atoms with Crippen LogP contribution in [0.2, 0.25) is 0 Å². The highest BCUT2D eigenvalue weighted by Crippen LogP contribution is 2.22. The fourth-order valence-electron chi connectivity index (χ4n) is 3.16. The molecule has 0 saturated heterocycles. The zero-order valence-corrected chi connectivity index (χ0v) is 20.2. The number of rotatable bonds is 10. The van der Waals surface area contributed by atoms with Gasteiger partial charge in [-0.05, 0) is 61.0 Å². The Bertz CT molecular complexity index is 1480. The SMILES string of the molecule is COc1ccc(Nc2nc(N/N=C(/C)c3ccc([N+](=O)[O-])cc3)nc(Nc3ccc([N+](=O)[O-])cc3)n2)cc1. The number of ether oxygens (including phenoxy) is 1. The lowest BCUT2D eigenvalue weighted by atomic mass is 10.1. The van der Waals surface area contributed by atoms with Gasteiger partial charge in [0.1, 0.15) is 5.75 Å². The number of nitrogens with zero attached hydrogens (tertiary/aromatic N) is 6. The van der Waals surface area contributed by atoms with Crippen molar-refractivity contribution in [2.45, 2.75) is 6.92 Å². The molecule has 0 radical (unpaired) electrons. The third-order valence-corrected chi connectivity index (χ3v) is 5.14. The molecule has 3 aromatic carbocycles. The second-order valence-electron chi connectivity index (χ2n) is 7.70. The number of nitro benzene ring substituents is 2. The number of hydrogen-bond acceptors (Lipinski definition) is 12. The molecule has 14 heteroatoms. The average Bonchev–Trinajstić information content (AvgIpc) is 2.92. The van der Waals surface area contributed by atoms with Crippen LogP contribution in [0, 0.1) is 20.2 Å². The van der Waals surface area contributed by atoms with Crippen LogP contribution in [0.5, 0.6) is 5.75 Å². The van der Waals surface area contributed by atoms with Crippen LogP contribution in [-0.2, 0) is 0 Å². The Morgan fingerprint density at radius 3 is 1.66 bits per heavy atom. The lowest BCUT2D eigenvalue weighted by molar-refractivity contribution is -0.385. The highest BCUT2D eigenvalue weighted by atomic mass is 16.6. The number of nitrogens with one attached hydrogen (secondary N) is 3. The van der Waals surface area contributed by atoms with Crippen LogP contribution >= 0.6 is 0 Å². The summed E-state index contributed by atoms with van der Waals surface area (Å²) in [5.74, 6) is 1.13. The second-order valence-corrected chi connectivity index (χ2v) is 7.70. The first-order valence-corrected chi connectivity index (χ1v) is 11.0. The van der Waals surface area contributed by atoms with E-state index in [1.54, 1.807) is 50.4 Å². The normalized spacial score (nSPS) is 10.9. The molecule has 0 fully saturated rings. The van der Waals surface area contributed by atoms with Crippen molar-refractivity contribution in [1.29, 1.82) is 0 Å². The summed E-state index contributed by atoms with van der Waals surface area (Å²) >= 11 is 0. The van der Waals surface area contributed by atoms with Crippen LogP contribution < -0.4 is 20.8 Å². The summed E-state index contributed by atoms with van der Waals surface area (Å²) in [4.78, 5) is 33.9. The van der Waals surface area contributed by atoms with Gasteiger partial charge in [0.05, 0.1) is 22.7 Å². The van der Waals surface area contributed by atoms with E-state index >= 15 is 0 Å². The Kier molecular flexibility index (Phi) is 7.62. The first-order valence-electron chi connectivity index (χ1n) is 11.0. The third kappa shape index (κ3) is 6.51. The standard InChI is InChI=1S/C24H21N9O5/c1-15(16-3-9-19(10-4-16)32(34)35)30-31-24-28-22(25-17-5-11-20(12-6-17)33(36)37)27-23(29-24)26-18-7-13-21(38-2)14-8-18/h3-14H,1-2H3,(H3,25,26,27,28,29,31)/b30-15-. The van der Waals surface area contributed by atoms with E-state index in [0.717, 1.165) is 0 Å². The van der Waals surface area contributed by atoms with Gasteiger partial charge in [0.25, 0.3) is 11.4 Å². The number of methoxy groups -OCH3 is 1. The van der Waals surface area contributed by atoms with E-state index in [4.69, 9.17) is 4.74 Å². The maximum atomic E-state index is 10.9. The monoisotopic (exact) mass is 515 g/mol. The van der Waals surface area contributed by atoms with E-state index in [1.807, 2.05) is 0 Å². The van der Waals surface area contributed by atoms with Crippen LogP contribution in [0.15, 0.2) is 77.9 Å². The van der Waals surface area contributed by atoms with Gasteiger partial charge in [-0.1, -0.05) is 0 Å². The van der Waals surface area contributed by atoms with E-state index in [-0.39, 0.29) is 29.2 Å². The van der Waals surface area contributed by atoms with E-state index in [2.05, 4.69) is 36.1 Å². The van der Waals surface area contributed by atoms with Crippen molar-refractivity contribution in [3.8, 4) is 5.75 Å². The molecule has 1 heterocycles. The minimum Gasteiger partial charge on any atom is -0.497 e. The first kappa shape index (κ1) is 25.4. The number of hydrazone groups is 1. The van der Waals surface area contributed by atoms with E-state index < -0.39 is 9.85 Å². The Balaban J connectivity index is 1.59. The van der Waals surface area contributed by atoms with Crippen LogP contribution in [0.4, 0.5) is 40.6 Å². The molecule has 192 valence electrons. The number of non-ortho nitro benzene ring substituents is 2. The molecule has 0 aliphatic rings. The van der Waals surface area contributed by atoms with Crippen molar-refractivity contribution >= 4 is 46.3 Å². The molecule has 38 heavy (non-hydrogen) atoms. The summed E-state index contributed by atoms with van der Waals surface area (Å²) in [6.45, 7) is 1.72. The summed E-state index contributed by atoms with van der Waals surface area (Å²) in [6, 6.07) is 18.9. The largest absolute Gasteiger partial charge is 0.497 e. The summed E-state index contributed by atoms with van der Waals surface area (Å²) in [5, 5.41) is 32.2. The van der Waals surface area contributed by atoms with Crippen LogP contribution in [0.25, 0.3) is 0 Å². The number of aromatic nitrogens is 3. The fraction of sp³-hybridized carbons (Fsp3) is 0.0833. The molecule has 1 aromatic heterocycles. The number of nitro groups is 2. The Morgan fingerprint density at radius 2 is 1.18 bits per heavy atom. The van der Waals surface area contributed by atoms with Crippen LogP contribution in [0.1, 0.15) is 12.5 Å². The first-order chi connectivity index (χ1) is 18.3. The Labute approximate surface area is 215 Å². The maximum Gasteiger partial charge on any atom is 0.269 e. The number of anilines is 5. The minimum atomic E-state index is -0.489. The van der Waals surface area contributed by atoms with Gasteiger partial charge in [0.15, 0.2) is 0 Å². The molecular formula is C24H21N9O5. The second kappa shape index (κ2) is 11.4. The molecule has 0 saturated carbocycles. The van der Waals surface area contributed by atoms with Crippen LogP contribution in [-0.4, -0.2) is 37.6 Å². The lowest BCUT2D eigenvalue weighted by Crippen LogP contribution is -2.08. The minimum absolute atomic E-state index is 0.0248. The van der Waals surface area contributed by atoms with Gasteiger partial charge in [0, 0.05) is 35.6 Å². The van der Waals surface area contributed by atoms with Crippen molar-refractivity contribution in [2.24, 2.45) is 5.10 Å². The molecule has 4 rings (SSSR count). The lowest BCUT2D eigenvalue weighted by Gasteiger charge is -2.11. The molecule has 0 aliphatic carbocycles. The predicted octanol–water partition coefficient (Wildman–Crippen LogP) is 5.02. The highest BCUT2D eigenvalue weighted by molar-refractivity contribution is 5.99. The van der Waals surface area contributed by atoms with Crippen molar-refractivity contribution in [1.82, 2.24) is 15.0 Å². The number of benzene rings is 3. The summed E-state index contributed by atoms with van der Waals surface area (Å²) in [7, 11) is 1.57. The summed E-state index contributed by atoms with van der Waals surface area (Å²) in [5.41, 5.74) is 5.12. The average molecular weight is 515 g/mol. The molecule has 4 aromatic rings. The molecule has 0 amide bonds. The van der Waals surface area contributed by atoms with Gasteiger partial charge < -0.3 is 15.4 Å². The topological polar surface area (TPSA) is 183 Å². The molecule has 0 spiro atoms. The third-order valence-electron chi connectivity index (χ3n) is 5.14. The van der Waals surface area contributed by atoms with Gasteiger partial charge in [-0.15, -0.1) is 0 Å². The van der Waals surface area contributed by atoms with Crippen molar-refractivity contribution in [2.75, 3.05) is 23.2 Å². The molecule has 0 unspecified atom stereocenters. The predicted molar refractivity (Wildman–Crippen MR) is 141 cm³/mol. The van der Waals surface area contributed by atoms with Gasteiger partial charge in [-0.25, -0.2) is 5.43 Å². The summed E-state index contributed by atoms with van der Waals surface area (Å²) < 4.78 is 5.18. The van der Waals surface area contributed by atoms with Crippen LogP contribution in [0.3, 0.4) is 0 Å². The molecule has 0 bridgehead atoms. The quantitative estimate of drug-likeness (QED) is 0.146. The van der Waals surface area contributed by atoms with Crippen molar-refractivity contribution in [3.05, 3.63) is 98.6 Å². The smallest absolute Gasteiger partial charge is 0.269 e. The molecular weight excluding hydrogens is 494 g/mol. The zero-order chi connectivity index (χ0) is 27.1. The highest BCUT2D eigenvalue weighted by Gasteiger charge is 2.10. The Morgan fingerprint density at radius 1 is 0.737 bits per heavy atom. The molecule has 3 N–H and O–H groups in total. The maximum absolute atomic E-state index is 10.9. The van der Waals surface area contributed by atoms with Gasteiger partial charge in [-0.3, -0.25) is 20.2 Å². The Hall–Kier alpha value is -5.66. The molecule has 0 aliphatic heterocycles. The van der Waals surface area contributed by atoms with Crippen molar-refractivity contribution < 1.29 is 14.6 Å². The van der Waals surface area contributed by atoms with E-state index in [0.29, 0.717) is 28.4 Å². The van der Waals surface area contributed by atoms with Gasteiger partial charge >= 0.3 is 0 Å². The van der Waals surface area contributed by atoms with E-state index in [1.165, 1.54) is 36.4 Å². The summed E-state index contributed by atoms with van der Waals surface area (Å²) in [6.07, 6.45) is 0. The number of hydrogen-bond donors (Lipinski definition) is 3. The molecule has 14 nitrogen and oxygen atoms in total. The molecule has 0 atom stereocenters. The van der Waals surface area contributed by atoms with Crippen molar-refractivity contribution in [3.63, 3.8) is 0 Å². The van der Waals surface area contributed by atoms with Gasteiger partial charge in [-0.2, -0.15) is 20.1 Å². The van der Waals surface area contributed by atoms with E-state index in [9.17, 15) is 20.2 Å². The zero-order valence-electron chi connectivity index (χ0n) is 20.2.